The molecule has 0 radical (unpaired) electrons. The summed E-state index contributed by atoms with van der Waals surface area (Å²) >= 11 is 0. The van der Waals surface area contributed by atoms with Crippen molar-refractivity contribution in [2.45, 2.75) is 26.9 Å². The van der Waals surface area contributed by atoms with Gasteiger partial charge in [0.2, 0.25) is 5.91 Å². The molecule has 2 aromatic carbocycles. The highest BCUT2D eigenvalue weighted by Crippen LogP contribution is 2.24. The maximum atomic E-state index is 12.5. The van der Waals surface area contributed by atoms with Crippen molar-refractivity contribution in [2.75, 3.05) is 19.0 Å². The van der Waals surface area contributed by atoms with E-state index in [-0.39, 0.29) is 11.8 Å². The van der Waals surface area contributed by atoms with Crippen LogP contribution in [0, 0.1) is 6.92 Å². The molecule has 1 heterocycles. The monoisotopic (exact) mass is 462 g/mol. The Kier molecular flexibility index (Phi) is 8.45. The molecule has 3 aromatic rings. The van der Waals surface area contributed by atoms with Crippen LogP contribution in [0.5, 0.6) is 11.5 Å². The molecule has 0 saturated heterocycles. The summed E-state index contributed by atoms with van der Waals surface area (Å²) in [4.78, 5) is 24.9. The van der Waals surface area contributed by atoms with Crippen molar-refractivity contribution in [2.24, 2.45) is 7.05 Å². The first-order valence-corrected chi connectivity index (χ1v) is 11.1. The summed E-state index contributed by atoms with van der Waals surface area (Å²) in [5.41, 5.74) is 3.37. The number of nitrogens with zero attached hydrogens (tertiary/aromatic N) is 2. The van der Waals surface area contributed by atoms with Crippen LogP contribution in [0.4, 0.5) is 5.69 Å². The average molecular weight is 463 g/mol. The van der Waals surface area contributed by atoms with Crippen molar-refractivity contribution in [3.63, 3.8) is 0 Å². The molecule has 8 heteroatoms. The highest BCUT2D eigenvalue weighted by Gasteiger charge is 2.17. The molecule has 1 aromatic heterocycles. The Morgan fingerprint density at radius 1 is 1.15 bits per heavy atom. The van der Waals surface area contributed by atoms with Gasteiger partial charge in [0.25, 0.3) is 5.91 Å². The molecule has 0 aliphatic rings. The number of aryl methyl sites for hydroxylation is 2. The molecule has 34 heavy (non-hydrogen) atoms. The smallest absolute Gasteiger partial charge is 0.271 e. The topological polar surface area (TPSA) is 94.5 Å². The van der Waals surface area contributed by atoms with Gasteiger partial charge in [0.15, 0.2) is 0 Å². The Hall–Kier alpha value is -4.07. The van der Waals surface area contributed by atoms with Gasteiger partial charge in [0.05, 0.1) is 19.0 Å². The lowest BCUT2D eigenvalue weighted by Gasteiger charge is -2.12. The van der Waals surface area contributed by atoms with Gasteiger partial charge in [-0.2, -0.15) is 5.10 Å². The van der Waals surface area contributed by atoms with E-state index in [1.165, 1.54) is 17.0 Å². The van der Waals surface area contributed by atoms with Crippen molar-refractivity contribution >= 4 is 23.6 Å². The van der Waals surface area contributed by atoms with Gasteiger partial charge >= 0.3 is 0 Å². The number of nitrogens with one attached hydrogen (secondary N) is 2. The van der Waals surface area contributed by atoms with Crippen molar-refractivity contribution in [1.82, 2.24) is 15.1 Å². The first-order valence-electron chi connectivity index (χ1n) is 11.1. The summed E-state index contributed by atoms with van der Waals surface area (Å²) in [6.07, 6.45) is 5.38. The molecule has 0 unspecified atom stereocenters. The van der Waals surface area contributed by atoms with Crippen molar-refractivity contribution in [3.05, 3.63) is 77.1 Å². The third kappa shape index (κ3) is 6.25. The summed E-state index contributed by atoms with van der Waals surface area (Å²) in [5.74, 6) is 0.856. The van der Waals surface area contributed by atoms with Crippen LogP contribution in [-0.4, -0.2) is 35.2 Å². The molecule has 0 saturated carbocycles. The molecule has 0 atom stereocenters. The fourth-order valence-electron chi connectivity index (χ4n) is 3.36. The maximum Gasteiger partial charge on any atom is 0.271 e. The summed E-state index contributed by atoms with van der Waals surface area (Å²) < 4.78 is 12.9. The summed E-state index contributed by atoms with van der Waals surface area (Å²) in [6, 6.07) is 13.4. The third-order valence-corrected chi connectivity index (χ3v) is 5.16. The SMILES string of the molecule is CCCNC(=O)c1c(NC(=O)/C=C/c2ccc(OC)c(COc3ccccc3C)c2)cnn1C. The highest BCUT2D eigenvalue weighted by molar-refractivity contribution is 6.06. The van der Waals surface area contributed by atoms with E-state index in [9.17, 15) is 9.59 Å². The molecule has 3 rings (SSSR count). The van der Waals surface area contributed by atoms with Crippen molar-refractivity contribution in [1.29, 1.82) is 0 Å². The number of carbonyl (C=O) groups is 2. The normalized spacial score (nSPS) is 10.8. The Morgan fingerprint density at radius 3 is 2.68 bits per heavy atom. The minimum absolute atomic E-state index is 0.283. The number of amides is 2. The van der Waals surface area contributed by atoms with Crippen LogP contribution in [0.15, 0.2) is 54.7 Å². The Bertz CT molecular complexity index is 1180. The molecule has 0 fully saturated rings. The van der Waals surface area contributed by atoms with E-state index >= 15 is 0 Å². The zero-order valence-corrected chi connectivity index (χ0v) is 19.9. The predicted octanol–water partition coefficient (Wildman–Crippen LogP) is 4.11. The lowest BCUT2D eigenvalue weighted by Crippen LogP contribution is -2.27. The second-order valence-electron chi connectivity index (χ2n) is 7.73. The maximum absolute atomic E-state index is 12.5. The average Bonchev–Trinajstić information content (AvgIpc) is 3.20. The van der Waals surface area contributed by atoms with Gasteiger partial charge in [0.1, 0.15) is 23.8 Å². The van der Waals surface area contributed by atoms with Gasteiger partial charge in [-0.3, -0.25) is 14.3 Å². The minimum Gasteiger partial charge on any atom is -0.496 e. The summed E-state index contributed by atoms with van der Waals surface area (Å²) in [6.45, 7) is 4.83. The van der Waals surface area contributed by atoms with Crippen LogP contribution >= 0.6 is 0 Å². The van der Waals surface area contributed by atoms with Crippen LogP contribution < -0.4 is 20.1 Å². The van der Waals surface area contributed by atoms with Gasteiger partial charge in [-0.25, -0.2) is 0 Å². The lowest BCUT2D eigenvalue weighted by molar-refractivity contribution is -0.111. The Labute approximate surface area is 199 Å². The van der Waals surface area contributed by atoms with Crippen molar-refractivity contribution in [3.8, 4) is 11.5 Å². The molecule has 2 amide bonds. The van der Waals surface area contributed by atoms with Crippen LogP contribution in [0.1, 0.15) is 40.5 Å². The number of aromatic nitrogens is 2. The molecule has 2 N–H and O–H groups in total. The second kappa shape index (κ2) is 11.7. The summed E-state index contributed by atoms with van der Waals surface area (Å²) in [5, 5.41) is 9.62. The molecule has 178 valence electrons. The fraction of sp³-hybridized carbons (Fsp3) is 0.269. The Balaban J connectivity index is 1.70. The fourth-order valence-corrected chi connectivity index (χ4v) is 3.36. The van der Waals surface area contributed by atoms with Crippen LogP contribution in [0.3, 0.4) is 0 Å². The molecule has 0 aliphatic heterocycles. The largest absolute Gasteiger partial charge is 0.496 e. The molecule has 0 spiro atoms. The number of benzene rings is 2. The first kappa shape index (κ1) is 24.6. The second-order valence-corrected chi connectivity index (χ2v) is 7.73. The first-order chi connectivity index (χ1) is 16.4. The van der Waals surface area contributed by atoms with E-state index in [1.807, 2.05) is 56.3 Å². The zero-order valence-electron chi connectivity index (χ0n) is 19.9. The number of hydrogen-bond donors (Lipinski definition) is 2. The lowest BCUT2D eigenvalue weighted by atomic mass is 10.1. The minimum atomic E-state index is -0.369. The van der Waals surface area contributed by atoms with Crippen LogP contribution in [0.2, 0.25) is 0 Å². The van der Waals surface area contributed by atoms with E-state index in [4.69, 9.17) is 9.47 Å². The third-order valence-electron chi connectivity index (χ3n) is 5.16. The number of para-hydroxylation sites is 1. The number of carbonyl (C=O) groups excluding carboxylic acids is 2. The number of rotatable bonds is 10. The van der Waals surface area contributed by atoms with E-state index < -0.39 is 0 Å². The molecule has 0 bridgehead atoms. The van der Waals surface area contributed by atoms with Gasteiger partial charge < -0.3 is 20.1 Å². The van der Waals surface area contributed by atoms with Gasteiger partial charge in [-0.15, -0.1) is 0 Å². The van der Waals surface area contributed by atoms with E-state index in [1.54, 1.807) is 20.2 Å². The van der Waals surface area contributed by atoms with Crippen LogP contribution in [-0.2, 0) is 18.4 Å². The summed E-state index contributed by atoms with van der Waals surface area (Å²) in [7, 11) is 3.27. The van der Waals surface area contributed by atoms with Crippen LogP contribution in [0.25, 0.3) is 6.08 Å². The Morgan fingerprint density at radius 2 is 1.94 bits per heavy atom. The van der Waals surface area contributed by atoms with E-state index in [0.29, 0.717) is 30.3 Å². The molecule has 8 nitrogen and oxygen atoms in total. The molecular formula is C26H30N4O4. The van der Waals surface area contributed by atoms with Gasteiger partial charge in [-0.1, -0.05) is 31.2 Å². The van der Waals surface area contributed by atoms with E-state index in [2.05, 4.69) is 15.7 Å². The number of ether oxygens (including phenoxy) is 2. The zero-order chi connectivity index (χ0) is 24.5. The molecule has 0 aliphatic carbocycles. The standard InChI is InChI=1S/C26H30N4O4/c1-5-14-27-26(32)25-21(16-28-30(25)3)29-24(31)13-11-19-10-12-23(33-4)20(15-19)17-34-22-9-7-6-8-18(22)2/h6-13,15-16H,5,14,17H2,1-4H3,(H,27,32)(H,29,31)/b13-11+. The van der Waals surface area contributed by atoms with Gasteiger partial charge in [-0.05, 0) is 48.7 Å². The quantitative estimate of drug-likeness (QED) is 0.442. The number of hydrogen-bond acceptors (Lipinski definition) is 5. The number of methoxy groups -OCH3 is 1. The van der Waals surface area contributed by atoms with E-state index in [0.717, 1.165) is 28.9 Å². The van der Waals surface area contributed by atoms with Crippen molar-refractivity contribution < 1.29 is 19.1 Å². The van der Waals surface area contributed by atoms with Gasteiger partial charge in [0, 0.05) is 25.2 Å². The highest BCUT2D eigenvalue weighted by atomic mass is 16.5. The molecular weight excluding hydrogens is 432 g/mol. The number of anilines is 1. The predicted molar refractivity (Wildman–Crippen MR) is 132 cm³/mol.